The third-order valence-electron chi connectivity index (χ3n) is 5.85. The van der Waals surface area contributed by atoms with Crippen molar-refractivity contribution < 1.29 is 19.4 Å². The van der Waals surface area contributed by atoms with Gasteiger partial charge in [0, 0.05) is 47.8 Å². The van der Waals surface area contributed by atoms with E-state index in [1.807, 2.05) is 13.8 Å². The van der Waals surface area contributed by atoms with Crippen molar-refractivity contribution in [3.63, 3.8) is 0 Å². The molecule has 0 fully saturated rings. The number of rotatable bonds is 11. The van der Waals surface area contributed by atoms with Gasteiger partial charge in [-0.15, -0.1) is 21.5 Å². The molecule has 0 spiro atoms. The van der Waals surface area contributed by atoms with Crippen LogP contribution in [0.5, 0.6) is 0 Å². The summed E-state index contributed by atoms with van der Waals surface area (Å²) < 4.78 is 1.68. The third-order valence-corrected chi connectivity index (χ3v) is 7.63. The smallest absolute Gasteiger partial charge is 0.270 e. The van der Waals surface area contributed by atoms with Gasteiger partial charge in [0.2, 0.25) is 5.91 Å². The zero-order chi connectivity index (χ0) is 29.7. The Bertz CT molecular complexity index is 1620. The highest BCUT2D eigenvalue weighted by Crippen LogP contribution is 2.28. The van der Waals surface area contributed by atoms with Crippen LogP contribution >= 0.6 is 23.1 Å². The molecule has 0 saturated carbocycles. The van der Waals surface area contributed by atoms with Gasteiger partial charge in [0.1, 0.15) is 0 Å². The molecule has 212 valence electrons. The van der Waals surface area contributed by atoms with Crippen molar-refractivity contribution in [1.29, 1.82) is 0 Å². The van der Waals surface area contributed by atoms with Crippen LogP contribution in [0.2, 0.25) is 0 Å². The number of carbonyl (C=O) groups excluding carboxylic acids is 2. The van der Waals surface area contributed by atoms with E-state index in [2.05, 4.69) is 25.8 Å². The van der Waals surface area contributed by atoms with Crippen molar-refractivity contribution in [1.82, 2.24) is 25.1 Å². The van der Waals surface area contributed by atoms with E-state index < -0.39 is 21.8 Å². The maximum Gasteiger partial charge on any atom is 0.270 e. The van der Waals surface area contributed by atoms with Crippen LogP contribution in [0.3, 0.4) is 0 Å². The van der Waals surface area contributed by atoms with Gasteiger partial charge in [0.15, 0.2) is 16.1 Å². The minimum absolute atomic E-state index is 0.00405. The van der Waals surface area contributed by atoms with E-state index in [0.29, 0.717) is 27.4 Å². The Kier molecular flexibility index (Phi) is 9.04. The predicted molar refractivity (Wildman–Crippen MR) is 153 cm³/mol. The molecule has 0 radical (unpaired) electrons. The van der Waals surface area contributed by atoms with Crippen LogP contribution in [-0.2, 0) is 11.8 Å². The Balaban J connectivity index is 1.39. The maximum atomic E-state index is 12.9. The second-order valence-electron chi connectivity index (χ2n) is 9.08. The van der Waals surface area contributed by atoms with Gasteiger partial charge in [0.25, 0.3) is 17.3 Å². The number of nitrogens with zero attached hydrogens (tertiary/aromatic N) is 6. The molecule has 2 aromatic carbocycles. The molecule has 4 rings (SSSR count). The van der Waals surface area contributed by atoms with Gasteiger partial charge in [0.05, 0.1) is 27.3 Å². The lowest BCUT2D eigenvalue weighted by Gasteiger charge is -2.21. The molecule has 2 heterocycles. The summed E-state index contributed by atoms with van der Waals surface area (Å²) in [4.78, 5) is 50.9. The minimum atomic E-state index is -0.566. The van der Waals surface area contributed by atoms with Gasteiger partial charge in [-0.3, -0.25) is 29.8 Å². The molecule has 41 heavy (non-hydrogen) atoms. The van der Waals surface area contributed by atoms with Crippen LogP contribution in [0, 0.1) is 26.1 Å². The molecular formula is C25H24N8O6S2. The normalized spacial score (nSPS) is 11.7. The number of amides is 2. The highest BCUT2D eigenvalue weighted by molar-refractivity contribution is 7.99. The Morgan fingerprint density at radius 3 is 2.41 bits per heavy atom. The lowest BCUT2D eigenvalue weighted by atomic mass is 10.0. The second kappa shape index (κ2) is 12.6. The minimum Gasteiger partial charge on any atom is -0.342 e. The van der Waals surface area contributed by atoms with Crippen LogP contribution in [-0.4, -0.2) is 47.2 Å². The Hall–Kier alpha value is -4.70. The van der Waals surface area contributed by atoms with E-state index in [-0.39, 0.29) is 34.5 Å². The number of thiazole rings is 1. The van der Waals surface area contributed by atoms with E-state index in [1.54, 1.807) is 29.1 Å². The van der Waals surface area contributed by atoms with Gasteiger partial charge in [-0.25, -0.2) is 4.98 Å². The highest BCUT2D eigenvalue weighted by Gasteiger charge is 2.26. The molecule has 4 aromatic rings. The van der Waals surface area contributed by atoms with Crippen molar-refractivity contribution in [2.45, 2.75) is 25.0 Å². The molecule has 0 aliphatic carbocycles. The van der Waals surface area contributed by atoms with Crippen LogP contribution < -0.4 is 10.6 Å². The van der Waals surface area contributed by atoms with Crippen molar-refractivity contribution in [3.8, 4) is 11.3 Å². The Morgan fingerprint density at radius 1 is 1.05 bits per heavy atom. The van der Waals surface area contributed by atoms with Gasteiger partial charge >= 0.3 is 0 Å². The van der Waals surface area contributed by atoms with E-state index >= 15 is 0 Å². The number of carbonyl (C=O) groups is 2. The molecule has 2 N–H and O–H groups in total. The summed E-state index contributed by atoms with van der Waals surface area (Å²) in [6.07, 6.45) is 0. The van der Waals surface area contributed by atoms with E-state index in [4.69, 9.17) is 0 Å². The van der Waals surface area contributed by atoms with Gasteiger partial charge < -0.3 is 15.2 Å². The third kappa shape index (κ3) is 7.09. The quantitative estimate of drug-likeness (QED) is 0.140. The summed E-state index contributed by atoms with van der Waals surface area (Å²) >= 11 is 2.34. The van der Waals surface area contributed by atoms with E-state index in [0.717, 1.165) is 11.8 Å². The topological polar surface area (TPSA) is 188 Å². The standard InChI is InChI=1S/C25H24N8O6S2/c1-14(2)21(28-23(35)16-7-5-9-18(11-16)33(38)39)22-29-30-25(31(22)3)41-13-20(34)27-24-26-19(12-40-24)15-6-4-8-17(10-15)32(36)37/h4-12,14,21H,13H2,1-3H3,(H,28,35)(H,26,27,34)/t21-/m1/s1. The summed E-state index contributed by atoms with van der Waals surface area (Å²) in [5.41, 5.74) is 0.978. The second-order valence-corrected chi connectivity index (χ2v) is 10.9. The molecule has 0 aliphatic rings. The van der Waals surface area contributed by atoms with E-state index in [9.17, 15) is 29.8 Å². The number of benzene rings is 2. The largest absolute Gasteiger partial charge is 0.342 e. The molecule has 2 aromatic heterocycles. The first-order valence-corrected chi connectivity index (χ1v) is 14.0. The lowest BCUT2D eigenvalue weighted by Crippen LogP contribution is -2.33. The zero-order valence-corrected chi connectivity index (χ0v) is 23.6. The summed E-state index contributed by atoms with van der Waals surface area (Å²) in [6, 6.07) is 11.0. The van der Waals surface area contributed by atoms with Crippen LogP contribution in [0.15, 0.2) is 59.1 Å². The van der Waals surface area contributed by atoms with Gasteiger partial charge in [-0.1, -0.05) is 43.8 Å². The number of nitrogens with one attached hydrogen (secondary N) is 2. The Morgan fingerprint density at radius 2 is 1.73 bits per heavy atom. The van der Waals surface area contributed by atoms with Gasteiger partial charge in [-0.05, 0) is 12.0 Å². The fraction of sp³-hybridized carbons (Fsp3) is 0.240. The molecule has 0 saturated heterocycles. The number of nitro benzene ring substituents is 2. The van der Waals surface area contributed by atoms with Crippen LogP contribution in [0.4, 0.5) is 16.5 Å². The number of nitro groups is 2. The average Bonchev–Trinajstić information content (AvgIpc) is 3.56. The van der Waals surface area contributed by atoms with Gasteiger partial charge in [-0.2, -0.15) is 0 Å². The molecule has 0 unspecified atom stereocenters. The Labute approximate surface area is 241 Å². The first-order valence-electron chi connectivity index (χ1n) is 12.1. The maximum absolute atomic E-state index is 12.9. The molecule has 14 nitrogen and oxygen atoms in total. The average molecular weight is 597 g/mol. The van der Waals surface area contributed by atoms with Crippen molar-refractivity contribution in [2.75, 3.05) is 11.1 Å². The van der Waals surface area contributed by atoms with E-state index in [1.165, 1.54) is 47.7 Å². The monoisotopic (exact) mass is 596 g/mol. The number of aromatic nitrogens is 4. The number of hydrogen-bond acceptors (Lipinski definition) is 11. The molecule has 2 amide bonds. The number of anilines is 1. The number of non-ortho nitro benzene ring substituents is 2. The number of hydrogen-bond donors (Lipinski definition) is 2. The molecule has 0 bridgehead atoms. The lowest BCUT2D eigenvalue weighted by molar-refractivity contribution is -0.385. The molecular weight excluding hydrogens is 572 g/mol. The van der Waals surface area contributed by atoms with Crippen molar-refractivity contribution in [3.05, 3.63) is 85.5 Å². The van der Waals surface area contributed by atoms with Crippen LogP contribution in [0.1, 0.15) is 36.1 Å². The highest BCUT2D eigenvalue weighted by atomic mass is 32.2. The predicted octanol–water partition coefficient (Wildman–Crippen LogP) is 4.61. The van der Waals surface area contributed by atoms with Crippen molar-refractivity contribution in [2.24, 2.45) is 13.0 Å². The SMILES string of the molecule is CC(C)[C@@H](NC(=O)c1cccc([N+](=O)[O-])c1)c1nnc(SCC(=O)Nc2nc(-c3cccc([N+](=O)[O-])c3)cs2)n1C. The summed E-state index contributed by atoms with van der Waals surface area (Å²) in [6.45, 7) is 3.78. The summed E-state index contributed by atoms with van der Waals surface area (Å²) in [5, 5.41) is 38.6. The van der Waals surface area contributed by atoms with Crippen molar-refractivity contribution >= 4 is 51.4 Å². The fourth-order valence-corrected chi connectivity index (χ4v) is 5.22. The fourth-order valence-electron chi connectivity index (χ4n) is 3.77. The number of thioether (sulfide) groups is 1. The molecule has 0 aliphatic heterocycles. The molecule has 16 heteroatoms. The molecule has 1 atom stereocenters. The first-order chi connectivity index (χ1) is 19.5. The summed E-state index contributed by atoms with van der Waals surface area (Å²) in [5.74, 6) is -0.449. The van der Waals surface area contributed by atoms with Crippen LogP contribution in [0.25, 0.3) is 11.3 Å². The summed E-state index contributed by atoms with van der Waals surface area (Å²) in [7, 11) is 1.72. The first kappa shape index (κ1) is 29.3. The zero-order valence-electron chi connectivity index (χ0n) is 22.0.